The Balaban J connectivity index is 1.98. The number of benzene rings is 2. The van der Waals surface area contributed by atoms with Crippen molar-refractivity contribution in [3.05, 3.63) is 64.7 Å². The van der Waals surface area contributed by atoms with Crippen molar-refractivity contribution in [1.29, 1.82) is 0 Å². The van der Waals surface area contributed by atoms with Gasteiger partial charge in [-0.2, -0.15) is 0 Å². The molecule has 0 heterocycles. The van der Waals surface area contributed by atoms with Crippen LogP contribution in [0, 0.1) is 13.8 Å². The highest BCUT2D eigenvalue weighted by molar-refractivity contribution is 7.89. The summed E-state index contributed by atoms with van der Waals surface area (Å²) in [5.41, 5.74) is 3.31. The van der Waals surface area contributed by atoms with Crippen molar-refractivity contribution in [3.63, 3.8) is 0 Å². The fraction of sp³-hybridized carbons (Fsp3) is 0.333. The molecule has 0 aromatic heterocycles. The molecule has 156 valence electrons. The van der Waals surface area contributed by atoms with Crippen molar-refractivity contribution < 1.29 is 22.7 Å². The SMILES string of the molecule is Cc1ccc([C@@H](C)NC(=O)COC(=O)c2cccc(S(=O)(=O)N(C)C)c2)cc1C. The highest BCUT2D eigenvalue weighted by Gasteiger charge is 2.20. The van der Waals surface area contributed by atoms with E-state index in [0.717, 1.165) is 15.4 Å². The van der Waals surface area contributed by atoms with Gasteiger partial charge in [0.1, 0.15) is 0 Å². The van der Waals surface area contributed by atoms with Gasteiger partial charge in [0.15, 0.2) is 6.61 Å². The Bertz CT molecular complexity index is 1020. The van der Waals surface area contributed by atoms with Crippen molar-refractivity contribution >= 4 is 21.9 Å². The maximum Gasteiger partial charge on any atom is 0.338 e. The predicted molar refractivity (Wildman–Crippen MR) is 110 cm³/mol. The highest BCUT2D eigenvalue weighted by atomic mass is 32.2. The van der Waals surface area contributed by atoms with E-state index in [1.54, 1.807) is 0 Å². The summed E-state index contributed by atoms with van der Waals surface area (Å²) in [7, 11) is -0.863. The van der Waals surface area contributed by atoms with Crippen LogP contribution in [0.15, 0.2) is 47.4 Å². The average Bonchev–Trinajstić information content (AvgIpc) is 2.68. The number of sulfonamides is 1. The number of aryl methyl sites for hydroxylation is 2. The molecule has 2 rings (SSSR count). The summed E-state index contributed by atoms with van der Waals surface area (Å²) in [4.78, 5) is 24.3. The molecule has 0 bridgehead atoms. The van der Waals surface area contributed by atoms with Gasteiger partial charge in [-0.25, -0.2) is 17.5 Å². The molecule has 1 N–H and O–H groups in total. The van der Waals surface area contributed by atoms with Gasteiger partial charge in [0, 0.05) is 14.1 Å². The minimum absolute atomic E-state index is 0.0234. The van der Waals surface area contributed by atoms with Crippen molar-refractivity contribution in [2.24, 2.45) is 0 Å². The summed E-state index contributed by atoms with van der Waals surface area (Å²) in [5.74, 6) is -1.21. The lowest BCUT2D eigenvalue weighted by atomic mass is 10.0. The number of hydrogen-bond donors (Lipinski definition) is 1. The summed E-state index contributed by atoms with van der Waals surface area (Å²) >= 11 is 0. The van der Waals surface area contributed by atoms with Crippen LogP contribution >= 0.6 is 0 Å². The minimum Gasteiger partial charge on any atom is -0.452 e. The monoisotopic (exact) mass is 418 g/mol. The summed E-state index contributed by atoms with van der Waals surface area (Å²) in [6.45, 7) is 5.40. The first-order valence-corrected chi connectivity index (χ1v) is 10.5. The number of ether oxygens (including phenoxy) is 1. The van der Waals surface area contributed by atoms with Gasteiger partial charge in [0.05, 0.1) is 16.5 Å². The second kappa shape index (κ2) is 9.19. The van der Waals surface area contributed by atoms with Crippen LogP contribution in [0.25, 0.3) is 0 Å². The number of nitrogens with one attached hydrogen (secondary N) is 1. The lowest BCUT2D eigenvalue weighted by Crippen LogP contribution is -2.31. The number of amides is 1. The van der Waals surface area contributed by atoms with Crippen molar-refractivity contribution in [2.75, 3.05) is 20.7 Å². The average molecular weight is 419 g/mol. The molecule has 0 aliphatic rings. The van der Waals surface area contributed by atoms with Crippen LogP contribution in [0.1, 0.15) is 40.0 Å². The van der Waals surface area contributed by atoms with Gasteiger partial charge in [-0.1, -0.05) is 24.3 Å². The molecule has 0 aliphatic carbocycles. The van der Waals surface area contributed by atoms with E-state index in [1.165, 1.54) is 43.9 Å². The van der Waals surface area contributed by atoms with Crippen LogP contribution in [0.4, 0.5) is 0 Å². The topological polar surface area (TPSA) is 92.8 Å². The van der Waals surface area contributed by atoms with Crippen LogP contribution in [-0.2, 0) is 19.6 Å². The second-order valence-corrected chi connectivity index (χ2v) is 9.18. The molecule has 1 amide bonds. The third-order valence-electron chi connectivity index (χ3n) is 4.59. The summed E-state index contributed by atoms with van der Waals surface area (Å²) in [6, 6.07) is 11.2. The smallest absolute Gasteiger partial charge is 0.338 e. The summed E-state index contributed by atoms with van der Waals surface area (Å²) < 4.78 is 30.5. The molecule has 0 spiro atoms. The Morgan fingerprint density at radius 1 is 1.07 bits per heavy atom. The van der Waals surface area contributed by atoms with E-state index >= 15 is 0 Å². The van der Waals surface area contributed by atoms with Crippen molar-refractivity contribution in [1.82, 2.24) is 9.62 Å². The van der Waals surface area contributed by atoms with E-state index in [2.05, 4.69) is 5.32 Å². The van der Waals surface area contributed by atoms with Crippen molar-refractivity contribution in [2.45, 2.75) is 31.7 Å². The highest BCUT2D eigenvalue weighted by Crippen LogP contribution is 2.17. The molecule has 0 fully saturated rings. The Morgan fingerprint density at radius 3 is 2.38 bits per heavy atom. The normalized spacial score (nSPS) is 12.5. The van der Waals surface area contributed by atoms with Gasteiger partial charge in [-0.05, 0) is 55.7 Å². The zero-order valence-electron chi connectivity index (χ0n) is 17.2. The van der Waals surface area contributed by atoms with E-state index in [4.69, 9.17) is 4.74 Å². The molecular formula is C21H26N2O5S. The van der Waals surface area contributed by atoms with Gasteiger partial charge < -0.3 is 10.1 Å². The Morgan fingerprint density at radius 2 is 1.76 bits per heavy atom. The standard InChI is InChI=1S/C21H26N2O5S/c1-14-9-10-17(11-15(14)2)16(3)22-20(24)13-28-21(25)18-7-6-8-19(12-18)29(26,27)23(4)5/h6-12,16H,13H2,1-5H3,(H,22,24)/t16-/m1/s1. The summed E-state index contributed by atoms with van der Waals surface area (Å²) in [5, 5.41) is 2.78. The predicted octanol–water partition coefficient (Wildman–Crippen LogP) is 2.59. The maximum atomic E-state index is 12.2. The van der Waals surface area contributed by atoms with E-state index in [-0.39, 0.29) is 16.5 Å². The molecule has 7 nitrogen and oxygen atoms in total. The fourth-order valence-electron chi connectivity index (χ4n) is 2.61. The van der Waals surface area contributed by atoms with Crippen LogP contribution in [0.3, 0.4) is 0 Å². The molecule has 2 aromatic carbocycles. The number of rotatable bonds is 7. The van der Waals surface area contributed by atoms with Gasteiger partial charge in [-0.15, -0.1) is 0 Å². The molecule has 0 saturated carbocycles. The Hall–Kier alpha value is -2.71. The zero-order chi connectivity index (χ0) is 21.8. The first-order valence-electron chi connectivity index (χ1n) is 9.08. The Kier molecular flexibility index (Phi) is 7.16. The van der Waals surface area contributed by atoms with Crippen LogP contribution in [0.5, 0.6) is 0 Å². The van der Waals surface area contributed by atoms with E-state index < -0.39 is 28.5 Å². The van der Waals surface area contributed by atoms with Crippen LogP contribution in [0.2, 0.25) is 0 Å². The number of hydrogen-bond acceptors (Lipinski definition) is 5. The molecule has 0 radical (unpaired) electrons. The third kappa shape index (κ3) is 5.65. The largest absolute Gasteiger partial charge is 0.452 e. The van der Waals surface area contributed by atoms with E-state index in [1.807, 2.05) is 39.0 Å². The zero-order valence-corrected chi connectivity index (χ0v) is 18.0. The number of nitrogens with zero attached hydrogens (tertiary/aromatic N) is 1. The second-order valence-electron chi connectivity index (χ2n) is 7.02. The molecule has 2 aromatic rings. The molecule has 1 atom stereocenters. The summed E-state index contributed by atoms with van der Waals surface area (Å²) in [6.07, 6.45) is 0. The molecular weight excluding hydrogens is 392 g/mol. The first kappa shape index (κ1) is 22.6. The Labute approximate surface area is 171 Å². The van der Waals surface area contributed by atoms with Gasteiger partial charge >= 0.3 is 5.97 Å². The van der Waals surface area contributed by atoms with Crippen LogP contribution in [-0.4, -0.2) is 45.3 Å². The lowest BCUT2D eigenvalue weighted by molar-refractivity contribution is -0.124. The van der Waals surface area contributed by atoms with Crippen LogP contribution < -0.4 is 5.32 Å². The number of carbonyl (C=O) groups is 2. The number of esters is 1. The first-order chi connectivity index (χ1) is 13.5. The third-order valence-corrected chi connectivity index (χ3v) is 6.40. The maximum absolute atomic E-state index is 12.2. The molecule has 29 heavy (non-hydrogen) atoms. The number of carbonyl (C=O) groups excluding carboxylic acids is 2. The minimum atomic E-state index is -3.67. The molecule has 8 heteroatoms. The van der Waals surface area contributed by atoms with Gasteiger partial charge in [0.25, 0.3) is 5.91 Å². The van der Waals surface area contributed by atoms with E-state index in [9.17, 15) is 18.0 Å². The molecule has 0 saturated heterocycles. The lowest BCUT2D eigenvalue weighted by Gasteiger charge is -2.16. The molecule has 0 unspecified atom stereocenters. The van der Waals surface area contributed by atoms with Crippen molar-refractivity contribution in [3.8, 4) is 0 Å². The van der Waals surface area contributed by atoms with E-state index in [0.29, 0.717) is 0 Å². The van der Waals surface area contributed by atoms with Gasteiger partial charge in [0.2, 0.25) is 10.0 Å². The quantitative estimate of drug-likeness (QED) is 0.698. The van der Waals surface area contributed by atoms with Gasteiger partial charge in [-0.3, -0.25) is 4.79 Å². The molecule has 0 aliphatic heterocycles. The fourth-order valence-corrected chi connectivity index (χ4v) is 3.56.